The molecule has 9 aromatic rings. The average molecular weight is 664 g/mol. The van der Waals surface area contributed by atoms with Gasteiger partial charge in [-0.2, -0.15) is 0 Å². The van der Waals surface area contributed by atoms with Crippen molar-refractivity contribution in [1.29, 1.82) is 0 Å². The Labute approximate surface area is 303 Å². The molecule has 9 aromatic carbocycles. The maximum Gasteiger partial charge on any atom is 0.135 e. The van der Waals surface area contributed by atoms with Crippen LogP contribution in [0.5, 0.6) is 11.5 Å². The summed E-state index contributed by atoms with van der Waals surface area (Å²) in [5.41, 5.74) is 12.7. The Morgan fingerprint density at radius 3 is 1.83 bits per heavy atom. The van der Waals surface area contributed by atoms with Crippen molar-refractivity contribution < 1.29 is 4.74 Å². The van der Waals surface area contributed by atoms with Crippen LogP contribution in [0.15, 0.2) is 200 Å². The molecule has 244 valence electrons. The molecule has 0 N–H and O–H groups in total. The second-order valence-corrected chi connectivity index (χ2v) is 13.3. The van der Waals surface area contributed by atoms with Gasteiger partial charge in [-0.1, -0.05) is 158 Å². The monoisotopic (exact) mass is 663 g/mol. The number of hydrogen-bond donors (Lipinski definition) is 0. The van der Waals surface area contributed by atoms with E-state index >= 15 is 0 Å². The topological polar surface area (TPSA) is 12.5 Å². The number of anilines is 3. The van der Waals surface area contributed by atoms with Gasteiger partial charge in [0, 0.05) is 27.6 Å². The van der Waals surface area contributed by atoms with Crippen molar-refractivity contribution in [1.82, 2.24) is 0 Å². The highest BCUT2D eigenvalue weighted by molar-refractivity contribution is 6.05. The minimum absolute atomic E-state index is 0.885. The summed E-state index contributed by atoms with van der Waals surface area (Å²) in [6.45, 7) is 0. The first-order chi connectivity index (χ1) is 25.8. The zero-order chi connectivity index (χ0) is 34.4. The minimum atomic E-state index is 0.885. The fourth-order valence-electron chi connectivity index (χ4n) is 7.76. The van der Waals surface area contributed by atoms with E-state index in [1.165, 1.54) is 43.8 Å². The van der Waals surface area contributed by atoms with Crippen molar-refractivity contribution in [3.8, 4) is 56.0 Å². The standard InChI is InChI=1S/C50H33NO/c1-2-12-34(13-3-1)35-26-28-37(29-27-35)43-21-6-7-23-46(43)51(47-24-10-15-36-14-4-5-20-42(36)47)41-19-8-18-39(32-41)40-30-31-48-45(33-40)44-22-9-16-38-17-11-25-49(52-48)50(38)44/h1-33H. The van der Waals surface area contributed by atoms with Crippen LogP contribution in [-0.2, 0) is 0 Å². The van der Waals surface area contributed by atoms with E-state index in [9.17, 15) is 0 Å². The molecule has 0 spiro atoms. The molecule has 1 aliphatic heterocycles. The Hall–Kier alpha value is -6.90. The normalized spacial score (nSPS) is 11.6. The molecule has 52 heavy (non-hydrogen) atoms. The van der Waals surface area contributed by atoms with E-state index in [1.54, 1.807) is 0 Å². The second-order valence-electron chi connectivity index (χ2n) is 13.3. The lowest BCUT2D eigenvalue weighted by atomic mass is 9.92. The van der Waals surface area contributed by atoms with E-state index in [2.05, 4.69) is 205 Å². The van der Waals surface area contributed by atoms with Crippen LogP contribution in [0.1, 0.15) is 0 Å². The van der Waals surface area contributed by atoms with Crippen LogP contribution < -0.4 is 9.64 Å². The van der Waals surface area contributed by atoms with Crippen molar-refractivity contribution in [2.24, 2.45) is 0 Å². The van der Waals surface area contributed by atoms with Gasteiger partial charge in [0.05, 0.1) is 11.4 Å². The average Bonchev–Trinajstić information content (AvgIpc) is 3.22. The van der Waals surface area contributed by atoms with Gasteiger partial charge in [0.2, 0.25) is 0 Å². The van der Waals surface area contributed by atoms with Crippen molar-refractivity contribution in [3.05, 3.63) is 200 Å². The summed E-state index contributed by atoms with van der Waals surface area (Å²) >= 11 is 0. The molecule has 0 amide bonds. The fraction of sp³-hybridized carbons (Fsp3) is 0. The van der Waals surface area contributed by atoms with Crippen LogP contribution in [-0.4, -0.2) is 0 Å². The van der Waals surface area contributed by atoms with Gasteiger partial charge in [0.15, 0.2) is 0 Å². The number of para-hydroxylation sites is 1. The van der Waals surface area contributed by atoms with Gasteiger partial charge < -0.3 is 9.64 Å². The smallest absolute Gasteiger partial charge is 0.135 e. The SMILES string of the molecule is c1ccc(-c2ccc(-c3ccccc3N(c3cccc(-c4ccc5c(c4)-c4cccc6cccc(c46)O5)c3)c3cccc4ccccc34)cc2)cc1. The summed E-state index contributed by atoms with van der Waals surface area (Å²) in [5.74, 6) is 1.80. The number of rotatable bonds is 6. The highest BCUT2D eigenvalue weighted by Crippen LogP contribution is 2.48. The van der Waals surface area contributed by atoms with Crippen LogP contribution in [0, 0.1) is 0 Å². The van der Waals surface area contributed by atoms with Crippen LogP contribution >= 0.6 is 0 Å². The maximum atomic E-state index is 6.44. The molecule has 0 fully saturated rings. The highest BCUT2D eigenvalue weighted by atomic mass is 16.5. The maximum absolute atomic E-state index is 6.44. The third-order valence-electron chi connectivity index (χ3n) is 10.2. The lowest BCUT2D eigenvalue weighted by Gasteiger charge is -2.29. The van der Waals surface area contributed by atoms with Crippen LogP contribution in [0.2, 0.25) is 0 Å². The predicted octanol–water partition coefficient (Wildman–Crippen LogP) is 14.2. The lowest BCUT2D eigenvalue weighted by molar-refractivity contribution is 0.487. The molecule has 0 radical (unpaired) electrons. The van der Waals surface area contributed by atoms with Gasteiger partial charge in [-0.3, -0.25) is 0 Å². The van der Waals surface area contributed by atoms with E-state index < -0.39 is 0 Å². The molecule has 0 unspecified atom stereocenters. The van der Waals surface area contributed by atoms with Crippen molar-refractivity contribution in [2.75, 3.05) is 4.90 Å². The summed E-state index contributed by atoms with van der Waals surface area (Å²) < 4.78 is 6.44. The first-order valence-corrected chi connectivity index (χ1v) is 17.8. The molecule has 1 heterocycles. The molecular weight excluding hydrogens is 631 g/mol. The molecule has 1 aliphatic rings. The molecule has 0 aliphatic carbocycles. The highest BCUT2D eigenvalue weighted by Gasteiger charge is 2.22. The van der Waals surface area contributed by atoms with Gasteiger partial charge in [-0.05, 0) is 86.6 Å². The van der Waals surface area contributed by atoms with Crippen LogP contribution in [0.3, 0.4) is 0 Å². The van der Waals surface area contributed by atoms with E-state index in [4.69, 9.17) is 4.74 Å². The van der Waals surface area contributed by atoms with Gasteiger partial charge in [-0.15, -0.1) is 0 Å². The van der Waals surface area contributed by atoms with E-state index in [1.807, 2.05) is 0 Å². The number of nitrogens with zero attached hydrogens (tertiary/aromatic N) is 1. The van der Waals surface area contributed by atoms with Gasteiger partial charge >= 0.3 is 0 Å². The number of fused-ring (bicyclic) bond motifs is 3. The minimum Gasteiger partial charge on any atom is -0.456 e. The molecular formula is C50H33NO. The molecule has 0 saturated heterocycles. The summed E-state index contributed by atoms with van der Waals surface area (Å²) in [7, 11) is 0. The van der Waals surface area contributed by atoms with Crippen LogP contribution in [0.25, 0.3) is 66.1 Å². The first-order valence-electron chi connectivity index (χ1n) is 17.8. The molecule has 0 bridgehead atoms. The summed E-state index contributed by atoms with van der Waals surface area (Å²) in [5, 5.41) is 4.75. The summed E-state index contributed by atoms with van der Waals surface area (Å²) in [6.07, 6.45) is 0. The Balaban J connectivity index is 1.12. The number of hydrogen-bond acceptors (Lipinski definition) is 2. The van der Waals surface area contributed by atoms with Gasteiger partial charge in [-0.25, -0.2) is 0 Å². The Morgan fingerprint density at radius 2 is 0.923 bits per heavy atom. The van der Waals surface area contributed by atoms with Crippen molar-refractivity contribution in [3.63, 3.8) is 0 Å². The van der Waals surface area contributed by atoms with E-state index in [0.717, 1.165) is 50.8 Å². The predicted molar refractivity (Wildman–Crippen MR) is 218 cm³/mol. The molecule has 2 nitrogen and oxygen atoms in total. The van der Waals surface area contributed by atoms with Crippen LogP contribution in [0.4, 0.5) is 17.1 Å². The van der Waals surface area contributed by atoms with Gasteiger partial charge in [0.1, 0.15) is 11.5 Å². The lowest BCUT2D eigenvalue weighted by Crippen LogP contribution is -2.12. The molecule has 0 saturated carbocycles. The van der Waals surface area contributed by atoms with Gasteiger partial charge in [0.25, 0.3) is 0 Å². The Morgan fingerprint density at radius 1 is 0.327 bits per heavy atom. The Bertz CT molecular complexity index is 2760. The fourth-order valence-corrected chi connectivity index (χ4v) is 7.76. The van der Waals surface area contributed by atoms with Crippen molar-refractivity contribution >= 4 is 38.6 Å². The zero-order valence-electron chi connectivity index (χ0n) is 28.4. The third kappa shape index (κ3) is 5.12. The molecule has 10 rings (SSSR count). The second kappa shape index (κ2) is 12.5. The quantitative estimate of drug-likeness (QED) is 0.176. The third-order valence-corrected chi connectivity index (χ3v) is 10.2. The van der Waals surface area contributed by atoms with E-state index in [-0.39, 0.29) is 0 Å². The zero-order valence-corrected chi connectivity index (χ0v) is 28.4. The summed E-state index contributed by atoms with van der Waals surface area (Å²) in [4.78, 5) is 2.42. The summed E-state index contributed by atoms with van der Waals surface area (Å²) in [6, 6.07) is 71.7. The molecule has 0 aromatic heterocycles. The Kier molecular flexibility index (Phi) is 7.18. The van der Waals surface area contributed by atoms with E-state index in [0.29, 0.717) is 0 Å². The number of ether oxygens (including phenoxy) is 1. The number of benzene rings is 9. The molecule has 0 atom stereocenters. The van der Waals surface area contributed by atoms with Crippen molar-refractivity contribution in [2.45, 2.75) is 0 Å². The molecule has 2 heteroatoms. The largest absolute Gasteiger partial charge is 0.456 e. The first kappa shape index (κ1) is 30.0.